The van der Waals surface area contributed by atoms with Crippen molar-refractivity contribution in [2.75, 3.05) is 5.32 Å². The number of halogens is 4. The second-order valence-electron chi connectivity index (χ2n) is 3.51. The molecule has 1 heterocycles. The van der Waals surface area contributed by atoms with Gasteiger partial charge in [-0.3, -0.25) is 4.98 Å². The average molecular weight is 337 g/mol. The lowest BCUT2D eigenvalue weighted by atomic mass is 10.2. The highest BCUT2D eigenvalue weighted by molar-refractivity contribution is 9.10. The van der Waals surface area contributed by atoms with Crippen molar-refractivity contribution in [2.45, 2.75) is 12.7 Å². The zero-order valence-corrected chi connectivity index (χ0v) is 11.4. The van der Waals surface area contributed by atoms with E-state index in [4.69, 9.17) is 0 Å². The topological polar surface area (TPSA) is 24.9 Å². The molecule has 0 atom stereocenters. The molecule has 1 N–H and O–H groups in total. The normalized spacial score (nSPS) is 11.6. The van der Waals surface area contributed by atoms with Gasteiger partial charge in [-0.1, -0.05) is 15.9 Å². The molecule has 0 radical (unpaired) electrons. The van der Waals surface area contributed by atoms with Crippen LogP contribution in [0.5, 0.6) is 0 Å². The van der Waals surface area contributed by atoms with Gasteiger partial charge in [0, 0.05) is 21.2 Å². The number of benzene rings is 1. The standard InChI is InChI=1S/C11H8BrF3N2S/c12-10-2-1-7(3-9(10)11(13,14)15)17-5-8-4-16-6-18-8/h1-4,6,17H,5H2. The van der Waals surface area contributed by atoms with Gasteiger partial charge in [0.2, 0.25) is 0 Å². The van der Waals surface area contributed by atoms with Crippen LogP contribution in [-0.2, 0) is 12.7 Å². The molecule has 0 unspecified atom stereocenters. The molecule has 2 nitrogen and oxygen atoms in total. The summed E-state index contributed by atoms with van der Waals surface area (Å²) < 4.78 is 38.1. The molecule has 0 saturated heterocycles. The summed E-state index contributed by atoms with van der Waals surface area (Å²) in [4.78, 5) is 4.86. The highest BCUT2D eigenvalue weighted by atomic mass is 79.9. The smallest absolute Gasteiger partial charge is 0.380 e. The van der Waals surface area contributed by atoms with Crippen LogP contribution in [0.25, 0.3) is 0 Å². The van der Waals surface area contributed by atoms with Gasteiger partial charge in [-0.25, -0.2) is 0 Å². The average Bonchev–Trinajstić information content (AvgIpc) is 2.79. The molecule has 0 fully saturated rings. The number of nitrogens with zero attached hydrogens (tertiary/aromatic N) is 1. The van der Waals surface area contributed by atoms with Crippen LogP contribution in [0.2, 0.25) is 0 Å². The van der Waals surface area contributed by atoms with E-state index in [9.17, 15) is 13.2 Å². The first-order valence-electron chi connectivity index (χ1n) is 4.95. The molecule has 1 aromatic carbocycles. The van der Waals surface area contributed by atoms with Crippen molar-refractivity contribution >= 4 is 33.0 Å². The lowest BCUT2D eigenvalue weighted by Gasteiger charge is -2.12. The number of alkyl halides is 3. The molecule has 7 heteroatoms. The summed E-state index contributed by atoms with van der Waals surface area (Å²) >= 11 is 4.35. The van der Waals surface area contributed by atoms with E-state index in [0.717, 1.165) is 10.9 Å². The first-order valence-corrected chi connectivity index (χ1v) is 6.62. The highest BCUT2D eigenvalue weighted by Gasteiger charge is 2.33. The van der Waals surface area contributed by atoms with Gasteiger partial charge in [0.05, 0.1) is 17.6 Å². The van der Waals surface area contributed by atoms with E-state index in [1.165, 1.54) is 17.4 Å². The Morgan fingerprint density at radius 1 is 1.33 bits per heavy atom. The fourth-order valence-electron chi connectivity index (χ4n) is 1.37. The third-order valence-corrected chi connectivity index (χ3v) is 3.69. The zero-order valence-electron chi connectivity index (χ0n) is 8.96. The fourth-order valence-corrected chi connectivity index (χ4v) is 2.38. The van der Waals surface area contributed by atoms with Crippen LogP contribution in [0.3, 0.4) is 0 Å². The molecule has 1 aromatic heterocycles. The molecule has 96 valence electrons. The van der Waals surface area contributed by atoms with Crippen LogP contribution in [-0.4, -0.2) is 4.98 Å². The summed E-state index contributed by atoms with van der Waals surface area (Å²) in [6, 6.07) is 4.07. The first kappa shape index (κ1) is 13.4. The Labute approximate surface area is 114 Å². The molecule has 0 spiro atoms. The maximum atomic E-state index is 12.7. The summed E-state index contributed by atoms with van der Waals surface area (Å²) in [7, 11) is 0. The third-order valence-electron chi connectivity index (χ3n) is 2.22. The Bertz CT molecular complexity index is 526. The maximum absolute atomic E-state index is 12.7. The summed E-state index contributed by atoms with van der Waals surface area (Å²) in [6.45, 7) is 0.462. The number of thiazole rings is 1. The van der Waals surface area contributed by atoms with E-state index in [1.807, 2.05) is 0 Å². The monoisotopic (exact) mass is 336 g/mol. The van der Waals surface area contributed by atoms with Gasteiger partial charge in [0.25, 0.3) is 0 Å². The summed E-state index contributed by atoms with van der Waals surface area (Å²) in [5, 5.41) is 2.94. The number of hydrogen-bond donors (Lipinski definition) is 1. The minimum absolute atomic E-state index is 0.0401. The van der Waals surface area contributed by atoms with Crippen LogP contribution >= 0.6 is 27.3 Å². The van der Waals surface area contributed by atoms with Crippen molar-refractivity contribution in [2.24, 2.45) is 0 Å². The van der Waals surface area contributed by atoms with Crippen molar-refractivity contribution in [1.82, 2.24) is 4.98 Å². The molecule has 0 amide bonds. The minimum atomic E-state index is -4.36. The second-order valence-corrected chi connectivity index (χ2v) is 5.34. The predicted octanol–water partition coefficient (Wildman–Crippen LogP) is 4.54. The molecule has 2 rings (SSSR count). The van der Waals surface area contributed by atoms with E-state index < -0.39 is 11.7 Å². The molecule has 2 aromatic rings. The van der Waals surface area contributed by atoms with Crippen LogP contribution in [0.1, 0.15) is 10.4 Å². The number of nitrogens with one attached hydrogen (secondary N) is 1. The van der Waals surface area contributed by atoms with E-state index in [2.05, 4.69) is 26.2 Å². The largest absolute Gasteiger partial charge is 0.417 e. The Morgan fingerprint density at radius 3 is 2.72 bits per heavy atom. The Kier molecular flexibility index (Phi) is 3.91. The second kappa shape index (κ2) is 5.27. The molecule has 0 bridgehead atoms. The molecular weight excluding hydrogens is 329 g/mol. The van der Waals surface area contributed by atoms with E-state index in [1.54, 1.807) is 17.8 Å². The molecule has 0 aliphatic rings. The van der Waals surface area contributed by atoms with Crippen LogP contribution in [0.15, 0.2) is 34.4 Å². The summed E-state index contributed by atoms with van der Waals surface area (Å²) in [6.07, 6.45) is -2.68. The number of anilines is 1. The first-order chi connectivity index (χ1) is 8.47. The van der Waals surface area contributed by atoms with Crippen molar-refractivity contribution < 1.29 is 13.2 Å². The molecular formula is C11H8BrF3N2S. The van der Waals surface area contributed by atoms with Crippen molar-refractivity contribution in [3.05, 3.63) is 44.8 Å². The SMILES string of the molecule is FC(F)(F)c1cc(NCc2cncs2)ccc1Br. The molecule has 0 saturated carbocycles. The van der Waals surface area contributed by atoms with Crippen molar-refractivity contribution in [3.63, 3.8) is 0 Å². The van der Waals surface area contributed by atoms with Crippen molar-refractivity contribution in [3.8, 4) is 0 Å². The van der Waals surface area contributed by atoms with Gasteiger partial charge < -0.3 is 5.32 Å². The van der Waals surface area contributed by atoms with Crippen molar-refractivity contribution in [1.29, 1.82) is 0 Å². The number of rotatable bonds is 3. The third kappa shape index (κ3) is 3.23. The Morgan fingerprint density at radius 2 is 2.11 bits per heavy atom. The quantitative estimate of drug-likeness (QED) is 0.890. The van der Waals surface area contributed by atoms with Gasteiger partial charge in [0.15, 0.2) is 0 Å². The van der Waals surface area contributed by atoms with Crippen LogP contribution < -0.4 is 5.32 Å². The summed E-state index contributed by atoms with van der Waals surface area (Å²) in [5.74, 6) is 0. The molecule has 18 heavy (non-hydrogen) atoms. The van der Waals surface area contributed by atoms with Gasteiger partial charge >= 0.3 is 6.18 Å². The molecule has 0 aliphatic heterocycles. The highest BCUT2D eigenvalue weighted by Crippen LogP contribution is 2.36. The van der Waals surface area contributed by atoms with E-state index in [-0.39, 0.29) is 4.47 Å². The van der Waals surface area contributed by atoms with E-state index >= 15 is 0 Å². The lowest BCUT2D eigenvalue weighted by Crippen LogP contribution is -2.07. The zero-order chi connectivity index (χ0) is 13.2. The summed E-state index contributed by atoms with van der Waals surface area (Å²) in [5.41, 5.74) is 1.43. The Balaban J connectivity index is 2.15. The maximum Gasteiger partial charge on any atom is 0.417 e. The fraction of sp³-hybridized carbons (Fsp3) is 0.182. The van der Waals surface area contributed by atoms with Gasteiger partial charge in [-0.15, -0.1) is 11.3 Å². The van der Waals surface area contributed by atoms with Gasteiger partial charge in [0.1, 0.15) is 0 Å². The molecule has 0 aliphatic carbocycles. The van der Waals surface area contributed by atoms with E-state index in [0.29, 0.717) is 12.2 Å². The van der Waals surface area contributed by atoms with Crippen LogP contribution in [0.4, 0.5) is 18.9 Å². The lowest BCUT2D eigenvalue weighted by molar-refractivity contribution is -0.138. The van der Waals surface area contributed by atoms with Gasteiger partial charge in [-0.05, 0) is 18.2 Å². The minimum Gasteiger partial charge on any atom is -0.380 e. The number of aromatic nitrogens is 1. The van der Waals surface area contributed by atoms with Crippen LogP contribution in [0, 0.1) is 0 Å². The number of hydrogen-bond acceptors (Lipinski definition) is 3. The Hall–Kier alpha value is -1.08. The van der Waals surface area contributed by atoms with Gasteiger partial charge in [-0.2, -0.15) is 13.2 Å². The predicted molar refractivity (Wildman–Crippen MR) is 68.6 cm³/mol.